The molecule has 0 radical (unpaired) electrons. The summed E-state index contributed by atoms with van der Waals surface area (Å²) in [6.07, 6.45) is 0. The van der Waals surface area contributed by atoms with E-state index < -0.39 is 0 Å². The van der Waals surface area contributed by atoms with Crippen molar-refractivity contribution in [1.82, 2.24) is 15.2 Å². The number of hydrogen-bond donors (Lipinski definition) is 0. The number of benzene rings is 1. The number of carbonyl (C=O) groups is 1. The zero-order chi connectivity index (χ0) is 17.8. The van der Waals surface area contributed by atoms with E-state index >= 15 is 0 Å². The summed E-state index contributed by atoms with van der Waals surface area (Å²) in [6.45, 7) is 2.29. The van der Waals surface area contributed by atoms with Gasteiger partial charge in [0, 0.05) is 25.8 Å². The Morgan fingerprint density at radius 2 is 1.96 bits per heavy atom. The van der Waals surface area contributed by atoms with Gasteiger partial charge < -0.3 is 18.7 Å². The maximum Gasteiger partial charge on any atom is 0.276 e. The number of rotatable bonds is 6. The Labute approximate surface area is 145 Å². The van der Waals surface area contributed by atoms with Gasteiger partial charge >= 0.3 is 0 Å². The Morgan fingerprint density at radius 1 is 1.20 bits per heavy atom. The molecule has 0 aliphatic heterocycles. The first-order valence-corrected chi connectivity index (χ1v) is 7.80. The van der Waals surface area contributed by atoms with E-state index in [2.05, 4.69) is 10.3 Å². The number of amides is 1. The average Bonchev–Trinajstić information content (AvgIpc) is 3.23. The predicted molar refractivity (Wildman–Crippen MR) is 89.7 cm³/mol. The summed E-state index contributed by atoms with van der Waals surface area (Å²) in [5.74, 6) is 0.898. The first-order valence-electron chi connectivity index (χ1n) is 7.80. The van der Waals surface area contributed by atoms with Crippen LogP contribution in [0.2, 0.25) is 0 Å². The first kappa shape index (κ1) is 16.9. The molecular formula is C18H19N3O4. The number of nitrogens with zero attached hydrogens (tertiary/aromatic N) is 3. The van der Waals surface area contributed by atoms with E-state index in [9.17, 15) is 4.79 Å². The van der Waals surface area contributed by atoms with Gasteiger partial charge in [-0.15, -0.1) is 0 Å². The molecule has 0 saturated carbocycles. The highest BCUT2D eigenvalue weighted by atomic mass is 16.5. The fourth-order valence-corrected chi connectivity index (χ4v) is 2.49. The van der Waals surface area contributed by atoms with E-state index in [0.717, 1.165) is 11.3 Å². The molecule has 1 aromatic carbocycles. The molecule has 0 aliphatic carbocycles. The third kappa shape index (κ3) is 3.61. The van der Waals surface area contributed by atoms with Crippen molar-refractivity contribution in [3.05, 3.63) is 59.2 Å². The zero-order valence-corrected chi connectivity index (χ0v) is 14.4. The second kappa shape index (κ2) is 7.31. The Morgan fingerprint density at radius 3 is 2.68 bits per heavy atom. The molecule has 0 saturated heterocycles. The molecule has 7 heteroatoms. The third-order valence-electron chi connectivity index (χ3n) is 3.84. The average molecular weight is 341 g/mol. The topological polar surface area (TPSA) is 81.6 Å². The molecule has 0 fully saturated rings. The van der Waals surface area contributed by atoms with Crippen molar-refractivity contribution in [3.63, 3.8) is 0 Å². The van der Waals surface area contributed by atoms with Gasteiger partial charge in [-0.2, -0.15) is 0 Å². The van der Waals surface area contributed by atoms with Crippen LogP contribution in [0.3, 0.4) is 0 Å². The summed E-state index contributed by atoms with van der Waals surface area (Å²) < 4.78 is 15.6. The summed E-state index contributed by atoms with van der Waals surface area (Å²) >= 11 is 0. The molecule has 0 N–H and O–H groups in total. The van der Waals surface area contributed by atoms with Gasteiger partial charge in [0.2, 0.25) is 0 Å². The summed E-state index contributed by atoms with van der Waals surface area (Å²) in [6, 6.07) is 11.5. The van der Waals surface area contributed by atoms with Gasteiger partial charge in [-0.1, -0.05) is 40.6 Å². The van der Waals surface area contributed by atoms with Crippen LogP contribution in [0, 0.1) is 6.92 Å². The molecular weight excluding hydrogens is 322 g/mol. The normalized spacial score (nSPS) is 10.8. The summed E-state index contributed by atoms with van der Waals surface area (Å²) in [5, 5.41) is 7.91. The van der Waals surface area contributed by atoms with Crippen LogP contribution in [0.5, 0.6) is 0 Å². The highest BCUT2D eigenvalue weighted by Gasteiger charge is 2.23. The van der Waals surface area contributed by atoms with Crippen LogP contribution < -0.4 is 0 Å². The molecule has 0 bridgehead atoms. The van der Waals surface area contributed by atoms with Crippen LogP contribution in [0.25, 0.3) is 11.3 Å². The third-order valence-corrected chi connectivity index (χ3v) is 3.84. The van der Waals surface area contributed by atoms with Crippen LogP contribution in [-0.2, 0) is 17.9 Å². The molecule has 7 nitrogen and oxygen atoms in total. The zero-order valence-electron chi connectivity index (χ0n) is 14.4. The van der Waals surface area contributed by atoms with Gasteiger partial charge in [-0.05, 0) is 6.92 Å². The van der Waals surface area contributed by atoms with Crippen molar-refractivity contribution >= 4 is 5.91 Å². The lowest BCUT2D eigenvalue weighted by Crippen LogP contribution is -2.27. The summed E-state index contributed by atoms with van der Waals surface area (Å²) in [5.41, 5.74) is 2.60. The summed E-state index contributed by atoms with van der Waals surface area (Å²) in [7, 11) is 3.23. The minimum absolute atomic E-state index is 0.254. The Hall–Kier alpha value is -2.93. The number of aryl methyl sites for hydroxylation is 1. The number of carbonyl (C=O) groups excluding carboxylic acids is 1. The maximum atomic E-state index is 12.6. The Bertz CT molecular complexity index is 854. The van der Waals surface area contributed by atoms with Gasteiger partial charge in [0.1, 0.15) is 11.5 Å². The lowest BCUT2D eigenvalue weighted by Gasteiger charge is -2.14. The largest absolute Gasteiger partial charge is 0.380 e. The number of hydrogen-bond acceptors (Lipinski definition) is 6. The quantitative estimate of drug-likeness (QED) is 0.685. The number of ether oxygens (including phenoxy) is 1. The van der Waals surface area contributed by atoms with Crippen molar-refractivity contribution in [2.75, 3.05) is 14.2 Å². The second-order valence-electron chi connectivity index (χ2n) is 5.70. The van der Waals surface area contributed by atoms with Gasteiger partial charge in [-0.3, -0.25) is 4.79 Å². The van der Waals surface area contributed by atoms with E-state index in [0.29, 0.717) is 17.1 Å². The number of aromatic nitrogens is 2. The van der Waals surface area contributed by atoms with Crippen molar-refractivity contribution in [3.8, 4) is 11.3 Å². The Balaban J connectivity index is 1.73. The molecule has 0 aliphatic rings. The Kier molecular flexibility index (Phi) is 4.95. The van der Waals surface area contributed by atoms with Crippen molar-refractivity contribution < 1.29 is 18.6 Å². The van der Waals surface area contributed by atoms with Crippen LogP contribution in [0.1, 0.15) is 27.6 Å². The van der Waals surface area contributed by atoms with Crippen LogP contribution >= 0.6 is 0 Å². The van der Waals surface area contributed by atoms with Gasteiger partial charge in [0.05, 0.1) is 18.7 Å². The molecule has 0 atom stereocenters. The fraction of sp³-hybridized carbons (Fsp3) is 0.278. The molecule has 130 valence electrons. The van der Waals surface area contributed by atoms with E-state index in [1.807, 2.05) is 36.4 Å². The first-order chi connectivity index (χ1) is 12.1. The smallest absolute Gasteiger partial charge is 0.276 e. The minimum atomic E-state index is -0.262. The van der Waals surface area contributed by atoms with Gasteiger partial charge in [-0.25, -0.2) is 0 Å². The van der Waals surface area contributed by atoms with Crippen molar-refractivity contribution in [1.29, 1.82) is 0 Å². The lowest BCUT2D eigenvalue weighted by atomic mass is 10.1. The molecule has 2 aromatic heterocycles. The predicted octanol–water partition coefficient (Wildman–Crippen LogP) is 3.06. The standard InChI is InChI=1S/C18H19N3O4/c1-12-15(11-23-3)17(20-24-12)18(22)21(2)10-14-9-16(19-25-14)13-7-5-4-6-8-13/h4-9H,10-11H2,1-3H3. The molecule has 0 spiro atoms. The van der Waals surface area contributed by atoms with Crippen LogP contribution in [0.15, 0.2) is 45.4 Å². The molecule has 0 unspecified atom stereocenters. The molecule has 25 heavy (non-hydrogen) atoms. The monoisotopic (exact) mass is 341 g/mol. The molecule has 3 rings (SSSR count). The van der Waals surface area contributed by atoms with E-state index in [1.54, 1.807) is 21.1 Å². The number of methoxy groups -OCH3 is 1. The highest BCUT2D eigenvalue weighted by molar-refractivity contribution is 5.93. The SMILES string of the molecule is COCc1c(C(=O)N(C)Cc2cc(-c3ccccc3)no2)noc1C. The van der Waals surface area contributed by atoms with E-state index in [1.165, 1.54) is 4.90 Å². The lowest BCUT2D eigenvalue weighted by molar-refractivity contribution is 0.0757. The molecule has 1 amide bonds. The molecule has 2 heterocycles. The molecule has 3 aromatic rings. The van der Waals surface area contributed by atoms with E-state index in [4.69, 9.17) is 13.8 Å². The fourth-order valence-electron chi connectivity index (χ4n) is 2.49. The van der Waals surface area contributed by atoms with Gasteiger partial charge in [0.15, 0.2) is 11.5 Å². The van der Waals surface area contributed by atoms with E-state index in [-0.39, 0.29) is 24.8 Å². The maximum absolute atomic E-state index is 12.6. The second-order valence-corrected chi connectivity index (χ2v) is 5.70. The summed E-state index contributed by atoms with van der Waals surface area (Å²) in [4.78, 5) is 14.1. The van der Waals surface area contributed by atoms with Crippen molar-refractivity contribution in [2.45, 2.75) is 20.1 Å². The van der Waals surface area contributed by atoms with Crippen LogP contribution in [-0.4, -0.2) is 35.3 Å². The van der Waals surface area contributed by atoms with Gasteiger partial charge in [0.25, 0.3) is 5.91 Å². The van der Waals surface area contributed by atoms with Crippen LogP contribution in [0.4, 0.5) is 0 Å². The van der Waals surface area contributed by atoms with Crippen molar-refractivity contribution in [2.24, 2.45) is 0 Å². The minimum Gasteiger partial charge on any atom is -0.380 e. The highest BCUT2D eigenvalue weighted by Crippen LogP contribution is 2.21.